The summed E-state index contributed by atoms with van der Waals surface area (Å²) in [6.45, 7) is 3.24. The Morgan fingerprint density at radius 1 is 1.17 bits per heavy atom. The van der Waals surface area contributed by atoms with Crippen LogP contribution in [0.4, 0.5) is 0 Å². The molecule has 0 atom stereocenters. The van der Waals surface area contributed by atoms with E-state index < -0.39 is 15.7 Å². The summed E-state index contributed by atoms with van der Waals surface area (Å²) in [5.74, 6) is -0.657. The van der Waals surface area contributed by atoms with E-state index in [0.29, 0.717) is 44.8 Å². The Kier molecular flexibility index (Phi) is 6.80. The number of nitrogens with zero attached hydrogens (tertiary/aromatic N) is 2. The van der Waals surface area contributed by atoms with Crippen LogP contribution in [0.25, 0.3) is 10.2 Å². The van der Waals surface area contributed by atoms with Crippen LogP contribution in [0.1, 0.15) is 17.3 Å². The molecule has 1 heterocycles. The summed E-state index contributed by atoms with van der Waals surface area (Å²) in [6, 6.07) is 9.36. The highest BCUT2D eigenvalue weighted by atomic mass is 35.5. The lowest BCUT2D eigenvalue weighted by Crippen LogP contribution is -2.20. The number of fused-ring (bicyclic) bond motifs is 1. The number of carbonyl (C=O) groups excluding carboxylic acids is 1. The van der Waals surface area contributed by atoms with Crippen molar-refractivity contribution in [2.45, 2.75) is 18.4 Å². The van der Waals surface area contributed by atoms with Crippen LogP contribution in [0, 0.1) is 0 Å². The van der Waals surface area contributed by atoms with Crippen molar-refractivity contribution in [3.05, 3.63) is 56.8 Å². The standard InChI is InChI=1S/C19H18Cl2N2O4S2/c1-3-27-11-10-23-16-13(20)8-9-14(21)17(16)28-19(23)22-18(24)12-6-4-5-7-15(12)29(2,25)26/h4-9H,3,10-11H2,1-2H3. The van der Waals surface area contributed by atoms with Crippen molar-refractivity contribution >= 4 is 60.5 Å². The molecule has 0 saturated heterocycles. The number of sulfone groups is 1. The predicted octanol–water partition coefficient (Wildman–Crippen LogP) is 4.19. The lowest BCUT2D eigenvalue weighted by atomic mass is 10.2. The molecule has 2 aromatic carbocycles. The third-order valence-corrected chi connectivity index (χ3v) is 7.10. The van der Waals surface area contributed by atoms with Gasteiger partial charge in [-0.15, -0.1) is 0 Å². The highest BCUT2D eigenvalue weighted by molar-refractivity contribution is 7.90. The molecule has 6 nitrogen and oxygen atoms in total. The monoisotopic (exact) mass is 472 g/mol. The lowest BCUT2D eigenvalue weighted by Gasteiger charge is -2.07. The Hall–Kier alpha value is -1.71. The van der Waals surface area contributed by atoms with Crippen LogP contribution in [-0.4, -0.2) is 38.4 Å². The summed E-state index contributed by atoms with van der Waals surface area (Å²) in [5, 5.41) is 0.965. The second-order valence-corrected chi connectivity index (χ2v) is 9.90. The first-order chi connectivity index (χ1) is 13.7. The summed E-state index contributed by atoms with van der Waals surface area (Å²) < 4.78 is 32.0. The molecule has 0 bridgehead atoms. The lowest BCUT2D eigenvalue weighted by molar-refractivity contribution is 0.0993. The van der Waals surface area contributed by atoms with E-state index in [1.165, 1.54) is 23.5 Å². The molecule has 0 fully saturated rings. The quantitative estimate of drug-likeness (QED) is 0.503. The summed E-state index contributed by atoms with van der Waals surface area (Å²) >= 11 is 13.9. The zero-order valence-electron chi connectivity index (χ0n) is 15.7. The molecule has 29 heavy (non-hydrogen) atoms. The minimum Gasteiger partial charge on any atom is -0.380 e. The van der Waals surface area contributed by atoms with Gasteiger partial charge in [-0.25, -0.2) is 8.42 Å². The van der Waals surface area contributed by atoms with Gasteiger partial charge in [0, 0.05) is 19.4 Å². The van der Waals surface area contributed by atoms with Crippen LogP contribution < -0.4 is 4.80 Å². The van der Waals surface area contributed by atoms with E-state index in [1.54, 1.807) is 28.8 Å². The number of carbonyl (C=O) groups is 1. The van der Waals surface area contributed by atoms with Gasteiger partial charge >= 0.3 is 0 Å². The molecule has 0 radical (unpaired) electrons. The molecule has 154 valence electrons. The van der Waals surface area contributed by atoms with Gasteiger partial charge in [0.25, 0.3) is 5.91 Å². The van der Waals surface area contributed by atoms with E-state index in [-0.39, 0.29) is 10.5 Å². The average molecular weight is 473 g/mol. The van der Waals surface area contributed by atoms with Gasteiger partial charge in [-0.1, -0.05) is 46.7 Å². The van der Waals surface area contributed by atoms with Crippen LogP contribution in [0.5, 0.6) is 0 Å². The summed E-state index contributed by atoms with van der Waals surface area (Å²) in [7, 11) is -3.58. The van der Waals surface area contributed by atoms with Gasteiger partial charge in [0.1, 0.15) is 0 Å². The third-order valence-electron chi connectivity index (χ3n) is 4.11. The third kappa shape index (κ3) is 4.73. The van der Waals surface area contributed by atoms with Crippen LogP contribution in [-0.2, 0) is 21.1 Å². The molecular formula is C19H18Cl2N2O4S2. The number of benzene rings is 2. The number of hydrogen-bond donors (Lipinski definition) is 0. The first-order valence-electron chi connectivity index (χ1n) is 8.67. The summed E-state index contributed by atoms with van der Waals surface area (Å²) in [4.78, 5) is 17.4. The van der Waals surface area contributed by atoms with E-state index >= 15 is 0 Å². The minimum absolute atomic E-state index is 0.0148. The maximum atomic E-state index is 12.9. The van der Waals surface area contributed by atoms with Crippen LogP contribution in [0.3, 0.4) is 0 Å². The van der Waals surface area contributed by atoms with E-state index in [0.717, 1.165) is 6.26 Å². The van der Waals surface area contributed by atoms with E-state index in [2.05, 4.69) is 4.99 Å². The minimum atomic E-state index is -3.58. The van der Waals surface area contributed by atoms with E-state index in [4.69, 9.17) is 27.9 Å². The molecular weight excluding hydrogens is 455 g/mol. The van der Waals surface area contributed by atoms with Gasteiger partial charge < -0.3 is 9.30 Å². The highest BCUT2D eigenvalue weighted by Gasteiger charge is 2.19. The number of rotatable bonds is 6. The number of thiazole rings is 1. The van der Waals surface area contributed by atoms with Gasteiger partial charge in [0.2, 0.25) is 0 Å². The topological polar surface area (TPSA) is 77.7 Å². The second-order valence-electron chi connectivity index (χ2n) is 6.13. The first kappa shape index (κ1) is 22.0. The SMILES string of the molecule is CCOCCn1c(=NC(=O)c2ccccc2S(C)(=O)=O)sc2c(Cl)ccc(Cl)c21. The largest absolute Gasteiger partial charge is 0.380 e. The molecule has 10 heteroatoms. The van der Waals surface area contributed by atoms with Gasteiger partial charge in [0.05, 0.1) is 37.3 Å². The summed E-state index contributed by atoms with van der Waals surface area (Å²) in [5.41, 5.74) is 0.674. The van der Waals surface area contributed by atoms with Crippen molar-refractivity contribution in [1.29, 1.82) is 0 Å². The van der Waals surface area contributed by atoms with Gasteiger partial charge in [-0.3, -0.25) is 4.79 Å². The zero-order valence-corrected chi connectivity index (χ0v) is 18.8. The number of amides is 1. The van der Waals surface area contributed by atoms with E-state index in [1.807, 2.05) is 6.92 Å². The fourth-order valence-corrected chi connectivity index (χ4v) is 5.37. The maximum Gasteiger partial charge on any atom is 0.280 e. The Bertz CT molecular complexity index is 1250. The highest BCUT2D eigenvalue weighted by Crippen LogP contribution is 2.32. The first-order valence-corrected chi connectivity index (χ1v) is 12.1. The molecule has 0 aliphatic carbocycles. The fraction of sp³-hybridized carbons (Fsp3) is 0.263. The van der Waals surface area contributed by atoms with Gasteiger partial charge in [-0.05, 0) is 31.2 Å². The van der Waals surface area contributed by atoms with Gasteiger partial charge in [0.15, 0.2) is 14.6 Å². The van der Waals surface area contributed by atoms with Crippen molar-refractivity contribution in [2.24, 2.45) is 4.99 Å². The van der Waals surface area contributed by atoms with Crippen LogP contribution in [0.15, 0.2) is 46.3 Å². The van der Waals surface area contributed by atoms with E-state index in [9.17, 15) is 13.2 Å². The van der Waals surface area contributed by atoms with Crippen molar-refractivity contribution in [3.63, 3.8) is 0 Å². The molecule has 0 N–H and O–H groups in total. The Balaban J connectivity index is 2.20. The Labute approximate surface area is 182 Å². The van der Waals surface area contributed by atoms with Crippen LogP contribution in [0.2, 0.25) is 10.0 Å². The normalized spacial score (nSPS) is 12.6. The fourth-order valence-electron chi connectivity index (χ4n) is 2.82. The molecule has 3 rings (SSSR count). The van der Waals surface area contributed by atoms with Crippen molar-refractivity contribution in [2.75, 3.05) is 19.5 Å². The smallest absolute Gasteiger partial charge is 0.280 e. The van der Waals surface area contributed by atoms with Crippen molar-refractivity contribution < 1.29 is 17.9 Å². The second kappa shape index (κ2) is 8.97. The number of halogens is 2. The summed E-state index contributed by atoms with van der Waals surface area (Å²) in [6.07, 6.45) is 1.06. The average Bonchev–Trinajstić information content (AvgIpc) is 3.04. The van der Waals surface area contributed by atoms with Crippen molar-refractivity contribution in [3.8, 4) is 0 Å². The number of hydrogen-bond acceptors (Lipinski definition) is 5. The van der Waals surface area contributed by atoms with Crippen LogP contribution >= 0.6 is 34.5 Å². The molecule has 0 spiro atoms. The molecule has 1 aromatic heterocycles. The predicted molar refractivity (Wildman–Crippen MR) is 116 cm³/mol. The molecule has 0 aliphatic heterocycles. The maximum absolute atomic E-state index is 12.9. The zero-order chi connectivity index (χ0) is 21.2. The molecule has 3 aromatic rings. The Morgan fingerprint density at radius 3 is 2.55 bits per heavy atom. The molecule has 0 unspecified atom stereocenters. The van der Waals surface area contributed by atoms with Gasteiger partial charge in [-0.2, -0.15) is 4.99 Å². The molecule has 0 aliphatic rings. The Morgan fingerprint density at radius 2 is 1.86 bits per heavy atom. The molecule has 1 amide bonds. The van der Waals surface area contributed by atoms with Crippen molar-refractivity contribution in [1.82, 2.24) is 4.57 Å². The number of aromatic nitrogens is 1. The molecule has 0 saturated carbocycles. The number of ether oxygens (including phenoxy) is 1.